The van der Waals surface area contributed by atoms with Crippen LogP contribution < -0.4 is 0 Å². The number of benzene rings is 1. The first kappa shape index (κ1) is 13.8. The lowest BCUT2D eigenvalue weighted by molar-refractivity contribution is 0.275. The summed E-state index contributed by atoms with van der Waals surface area (Å²) in [5, 5.41) is 19.0. The molecule has 110 valence electrons. The minimum absolute atomic E-state index is 0.0657. The van der Waals surface area contributed by atoms with Crippen molar-refractivity contribution in [2.45, 2.75) is 39.3 Å². The van der Waals surface area contributed by atoms with E-state index in [9.17, 15) is 5.11 Å². The van der Waals surface area contributed by atoms with E-state index in [4.69, 9.17) is 0 Å². The molecule has 0 saturated heterocycles. The molecule has 0 radical (unpaired) electrons. The zero-order valence-electron chi connectivity index (χ0n) is 12.2. The minimum Gasteiger partial charge on any atom is -0.390 e. The van der Waals surface area contributed by atoms with Crippen molar-refractivity contribution in [2.75, 3.05) is 0 Å². The number of hydrogen-bond acceptors (Lipinski definition) is 3. The van der Waals surface area contributed by atoms with Crippen molar-refractivity contribution in [1.82, 2.24) is 20.0 Å². The van der Waals surface area contributed by atoms with Crippen molar-refractivity contribution in [2.24, 2.45) is 0 Å². The number of hydrogen-bond donors (Lipinski definition) is 2. The van der Waals surface area contributed by atoms with E-state index in [0.717, 1.165) is 37.0 Å². The predicted molar refractivity (Wildman–Crippen MR) is 82.0 cm³/mol. The summed E-state index contributed by atoms with van der Waals surface area (Å²) in [4.78, 5) is 3.29. The minimum atomic E-state index is -0.0657. The average molecular weight is 284 g/mol. The Hall–Kier alpha value is -2.14. The van der Waals surface area contributed by atoms with E-state index in [0.29, 0.717) is 5.69 Å². The molecule has 0 bridgehead atoms. The number of fused-ring (bicyclic) bond motifs is 1. The summed E-state index contributed by atoms with van der Waals surface area (Å²) in [6.45, 7) is 2.94. The molecule has 0 fully saturated rings. The topological polar surface area (TPSA) is 66.7 Å². The van der Waals surface area contributed by atoms with Gasteiger partial charge in [0.05, 0.1) is 12.3 Å². The maximum absolute atomic E-state index is 9.48. The Morgan fingerprint density at radius 1 is 1.29 bits per heavy atom. The number of rotatable bonds is 6. The van der Waals surface area contributed by atoms with Gasteiger partial charge in [0, 0.05) is 30.1 Å². The van der Waals surface area contributed by atoms with Crippen LogP contribution in [0.1, 0.15) is 36.7 Å². The van der Waals surface area contributed by atoms with Crippen LogP contribution in [0.4, 0.5) is 0 Å². The van der Waals surface area contributed by atoms with Gasteiger partial charge in [0.25, 0.3) is 0 Å². The van der Waals surface area contributed by atoms with Gasteiger partial charge in [0.1, 0.15) is 5.69 Å². The average Bonchev–Trinajstić information content (AvgIpc) is 3.10. The summed E-state index contributed by atoms with van der Waals surface area (Å²) in [5.41, 5.74) is 4.03. The van der Waals surface area contributed by atoms with E-state index < -0.39 is 0 Å². The van der Waals surface area contributed by atoms with Crippen LogP contribution in [0.2, 0.25) is 0 Å². The van der Waals surface area contributed by atoms with Crippen LogP contribution in [0.15, 0.2) is 30.5 Å². The molecule has 5 nitrogen and oxygen atoms in total. The highest BCUT2D eigenvalue weighted by atomic mass is 16.3. The number of nitrogens with zero attached hydrogens (tertiary/aromatic N) is 3. The van der Waals surface area contributed by atoms with Crippen molar-refractivity contribution < 1.29 is 5.11 Å². The van der Waals surface area contributed by atoms with Gasteiger partial charge >= 0.3 is 0 Å². The molecule has 0 saturated carbocycles. The molecule has 3 rings (SSSR count). The van der Waals surface area contributed by atoms with Crippen molar-refractivity contribution in [1.29, 1.82) is 0 Å². The molecule has 2 N–H and O–H groups in total. The van der Waals surface area contributed by atoms with Crippen LogP contribution in [0, 0.1) is 0 Å². The molecule has 0 unspecified atom stereocenters. The molecule has 0 amide bonds. The fourth-order valence-electron chi connectivity index (χ4n) is 2.63. The van der Waals surface area contributed by atoms with Crippen LogP contribution >= 0.6 is 0 Å². The molecule has 0 aliphatic heterocycles. The van der Waals surface area contributed by atoms with Crippen LogP contribution in [0.5, 0.6) is 0 Å². The molecule has 0 aliphatic rings. The maximum atomic E-state index is 9.48. The Labute approximate surface area is 123 Å². The number of aromatic amines is 1. The predicted octanol–water partition coefficient (Wildman–Crippen LogP) is 2.64. The lowest BCUT2D eigenvalue weighted by atomic mass is 10.1. The van der Waals surface area contributed by atoms with Crippen molar-refractivity contribution >= 4 is 10.9 Å². The molecular weight excluding hydrogens is 264 g/mol. The highest BCUT2D eigenvalue weighted by molar-refractivity contribution is 5.83. The summed E-state index contributed by atoms with van der Waals surface area (Å²) in [6, 6.07) is 8.24. The smallest absolute Gasteiger partial charge is 0.112 e. The zero-order valence-corrected chi connectivity index (χ0v) is 12.2. The van der Waals surface area contributed by atoms with Gasteiger partial charge in [-0.2, -0.15) is 0 Å². The third kappa shape index (κ3) is 2.69. The molecule has 5 heteroatoms. The summed E-state index contributed by atoms with van der Waals surface area (Å²) in [5.74, 6) is 0. The van der Waals surface area contributed by atoms with Gasteiger partial charge in [0.15, 0.2) is 0 Å². The molecule has 2 heterocycles. The lowest BCUT2D eigenvalue weighted by Gasteiger charge is -2.06. The molecule has 0 aliphatic carbocycles. The third-order valence-corrected chi connectivity index (χ3v) is 3.82. The Morgan fingerprint density at radius 2 is 2.14 bits per heavy atom. The number of aliphatic hydroxyl groups excluding tert-OH is 1. The number of aromatic nitrogens is 4. The summed E-state index contributed by atoms with van der Waals surface area (Å²) in [6.07, 6.45) is 4.94. The maximum Gasteiger partial charge on any atom is 0.112 e. The van der Waals surface area contributed by atoms with E-state index in [2.05, 4.69) is 34.4 Å². The van der Waals surface area contributed by atoms with Crippen molar-refractivity contribution in [3.05, 3.63) is 47.4 Å². The number of para-hydroxylation sites is 1. The number of aliphatic hydroxyl groups is 1. The summed E-state index contributed by atoms with van der Waals surface area (Å²) < 4.78 is 1.93. The Bertz CT molecular complexity index is 729. The molecule has 21 heavy (non-hydrogen) atoms. The molecular formula is C16H20N4O. The van der Waals surface area contributed by atoms with Crippen LogP contribution in [0.3, 0.4) is 0 Å². The number of nitrogens with one attached hydrogen (secondary N) is 1. The molecule has 0 spiro atoms. The first-order valence-electron chi connectivity index (χ1n) is 7.40. The molecule has 2 aromatic heterocycles. The molecule has 3 aromatic rings. The first-order valence-corrected chi connectivity index (χ1v) is 7.40. The van der Waals surface area contributed by atoms with E-state index in [1.54, 1.807) is 0 Å². The third-order valence-electron chi connectivity index (χ3n) is 3.82. The normalized spacial score (nSPS) is 11.3. The number of aryl methyl sites for hydroxylation is 1. The van der Waals surface area contributed by atoms with Crippen LogP contribution in [0.25, 0.3) is 10.9 Å². The van der Waals surface area contributed by atoms with Gasteiger partial charge < -0.3 is 10.1 Å². The highest BCUT2D eigenvalue weighted by Crippen LogP contribution is 2.22. The van der Waals surface area contributed by atoms with Gasteiger partial charge in [-0.3, -0.25) is 0 Å². The number of unbranched alkanes of at least 4 members (excludes halogenated alkanes) is 1. The van der Waals surface area contributed by atoms with Crippen molar-refractivity contribution in [3.8, 4) is 0 Å². The second kappa shape index (κ2) is 6.10. The van der Waals surface area contributed by atoms with E-state index in [-0.39, 0.29) is 6.61 Å². The van der Waals surface area contributed by atoms with E-state index in [1.165, 1.54) is 10.9 Å². The molecule has 1 aromatic carbocycles. The number of H-pyrrole nitrogens is 1. The first-order chi connectivity index (χ1) is 10.3. The van der Waals surface area contributed by atoms with Crippen molar-refractivity contribution in [3.63, 3.8) is 0 Å². The zero-order chi connectivity index (χ0) is 14.7. The largest absolute Gasteiger partial charge is 0.390 e. The Morgan fingerprint density at radius 3 is 2.95 bits per heavy atom. The van der Waals surface area contributed by atoms with Gasteiger partial charge in [-0.15, -0.1) is 5.10 Å². The van der Waals surface area contributed by atoms with E-state index >= 15 is 0 Å². The monoisotopic (exact) mass is 284 g/mol. The summed E-state index contributed by atoms with van der Waals surface area (Å²) >= 11 is 0. The quantitative estimate of drug-likeness (QED) is 0.731. The standard InChI is InChI=1S/C16H20N4O/c1-2-3-8-20-16(15(11-21)18-19-20)9-12-10-17-14-7-5-4-6-13(12)14/h4-7,10,17,21H,2-3,8-9,11H2,1H3. The summed E-state index contributed by atoms with van der Waals surface area (Å²) in [7, 11) is 0. The molecule has 0 atom stereocenters. The van der Waals surface area contributed by atoms with Crippen LogP contribution in [-0.4, -0.2) is 25.1 Å². The van der Waals surface area contributed by atoms with Crippen LogP contribution in [-0.2, 0) is 19.6 Å². The fourth-order valence-corrected chi connectivity index (χ4v) is 2.63. The van der Waals surface area contributed by atoms with Gasteiger partial charge in [0.2, 0.25) is 0 Å². The highest BCUT2D eigenvalue weighted by Gasteiger charge is 2.14. The second-order valence-corrected chi connectivity index (χ2v) is 5.25. The lowest BCUT2D eigenvalue weighted by Crippen LogP contribution is -2.07. The SMILES string of the molecule is CCCCn1nnc(CO)c1Cc1c[nH]c2ccccc12. The fraction of sp³-hybridized carbons (Fsp3) is 0.375. The van der Waals surface area contributed by atoms with Gasteiger partial charge in [-0.1, -0.05) is 36.8 Å². The second-order valence-electron chi connectivity index (χ2n) is 5.25. The Balaban J connectivity index is 1.94. The van der Waals surface area contributed by atoms with Gasteiger partial charge in [-0.25, -0.2) is 4.68 Å². The van der Waals surface area contributed by atoms with Gasteiger partial charge in [-0.05, 0) is 18.1 Å². The Kier molecular flexibility index (Phi) is 4.01. The van der Waals surface area contributed by atoms with E-state index in [1.807, 2.05) is 23.0 Å².